The van der Waals surface area contributed by atoms with E-state index >= 15 is 0 Å². The van der Waals surface area contributed by atoms with Crippen LogP contribution < -0.4 is 5.32 Å². The Morgan fingerprint density at radius 3 is 2.85 bits per heavy atom. The van der Waals surface area contributed by atoms with E-state index in [1.807, 2.05) is 0 Å². The van der Waals surface area contributed by atoms with E-state index in [9.17, 15) is 18.0 Å². The van der Waals surface area contributed by atoms with Crippen molar-refractivity contribution in [2.45, 2.75) is 18.5 Å². The quantitative estimate of drug-likeness (QED) is 0.858. The van der Waals surface area contributed by atoms with E-state index in [1.54, 1.807) is 11.0 Å². The van der Waals surface area contributed by atoms with Crippen LogP contribution in [-0.4, -0.2) is 52.6 Å². The molecule has 0 spiro atoms. The summed E-state index contributed by atoms with van der Waals surface area (Å²) in [5.74, 6) is 0.107. The maximum absolute atomic E-state index is 12.8. The van der Waals surface area contributed by atoms with Crippen molar-refractivity contribution in [1.82, 2.24) is 19.9 Å². The lowest BCUT2D eigenvalue weighted by Crippen LogP contribution is -2.31. The first-order valence-corrected chi connectivity index (χ1v) is 8.26. The van der Waals surface area contributed by atoms with Gasteiger partial charge in [-0.15, -0.1) is 0 Å². The topological polar surface area (TPSA) is 80.2 Å². The van der Waals surface area contributed by atoms with E-state index in [1.165, 1.54) is 13.3 Å². The van der Waals surface area contributed by atoms with Gasteiger partial charge in [0.25, 0.3) is 0 Å². The Morgan fingerprint density at radius 1 is 1.33 bits per heavy atom. The van der Waals surface area contributed by atoms with Gasteiger partial charge in [-0.3, -0.25) is 4.79 Å². The third-order valence-electron chi connectivity index (χ3n) is 4.23. The minimum Gasteiger partial charge on any atom is -0.375 e. The van der Waals surface area contributed by atoms with Gasteiger partial charge in [0, 0.05) is 38.5 Å². The maximum Gasteiger partial charge on any atom is 0.416 e. The summed E-state index contributed by atoms with van der Waals surface area (Å²) in [6, 6.07) is 3.53. The van der Waals surface area contributed by atoms with Crippen LogP contribution in [0.15, 0.2) is 30.6 Å². The number of carbonyl (C=O) groups is 1. The fourth-order valence-corrected chi connectivity index (χ4v) is 2.89. The normalized spacial score (nSPS) is 17.2. The molecule has 1 aliphatic rings. The van der Waals surface area contributed by atoms with Gasteiger partial charge in [-0.05, 0) is 24.6 Å². The number of methoxy groups -OCH3 is 1. The summed E-state index contributed by atoms with van der Waals surface area (Å²) in [4.78, 5) is 25.9. The number of rotatable bonds is 5. The molecule has 3 heterocycles. The molecule has 0 saturated carbocycles. The van der Waals surface area contributed by atoms with E-state index < -0.39 is 11.7 Å². The molecule has 1 atom stereocenters. The molecular formula is C17H18F3N5O2. The number of hydrogen-bond acceptors (Lipinski definition) is 6. The van der Waals surface area contributed by atoms with Crippen LogP contribution in [0.1, 0.15) is 23.6 Å². The van der Waals surface area contributed by atoms with Gasteiger partial charge >= 0.3 is 6.18 Å². The predicted molar refractivity (Wildman–Crippen MR) is 90.4 cm³/mol. The molecule has 2 aromatic heterocycles. The van der Waals surface area contributed by atoms with E-state index in [0.29, 0.717) is 18.8 Å². The fourth-order valence-electron chi connectivity index (χ4n) is 2.89. The van der Waals surface area contributed by atoms with Gasteiger partial charge in [0.2, 0.25) is 11.9 Å². The van der Waals surface area contributed by atoms with Gasteiger partial charge in [-0.2, -0.15) is 13.2 Å². The molecule has 2 aromatic rings. The van der Waals surface area contributed by atoms with Crippen LogP contribution in [0.4, 0.5) is 24.9 Å². The van der Waals surface area contributed by atoms with Crippen molar-refractivity contribution in [3.8, 4) is 0 Å². The van der Waals surface area contributed by atoms with Crippen LogP contribution in [0.25, 0.3) is 0 Å². The van der Waals surface area contributed by atoms with E-state index in [4.69, 9.17) is 4.74 Å². The smallest absolute Gasteiger partial charge is 0.375 e. The molecule has 1 unspecified atom stereocenters. The highest BCUT2D eigenvalue weighted by molar-refractivity contribution is 5.77. The minimum atomic E-state index is -4.45. The van der Waals surface area contributed by atoms with E-state index in [2.05, 4.69) is 20.3 Å². The zero-order valence-electron chi connectivity index (χ0n) is 14.5. The fraction of sp³-hybridized carbons (Fsp3) is 0.412. The van der Waals surface area contributed by atoms with E-state index in [-0.39, 0.29) is 30.2 Å². The summed E-state index contributed by atoms with van der Waals surface area (Å²) >= 11 is 0. The summed E-state index contributed by atoms with van der Waals surface area (Å²) in [6.07, 6.45) is -1.11. The maximum atomic E-state index is 12.8. The summed E-state index contributed by atoms with van der Waals surface area (Å²) < 4.78 is 43.3. The van der Waals surface area contributed by atoms with Gasteiger partial charge in [0.15, 0.2) is 0 Å². The van der Waals surface area contributed by atoms with Gasteiger partial charge in [-0.25, -0.2) is 15.0 Å². The van der Waals surface area contributed by atoms with Gasteiger partial charge in [0.05, 0.1) is 11.3 Å². The second-order valence-electron chi connectivity index (χ2n) is 6.12. The standard InChI is InChI=1S/C17H18F3N5O2/c1-27-10-15(26)25-7-4-11(9-25)13-3-6-22-16(23-13)24-14-8-12(2-5-21-14)17(18,19)20/h2-3,5-6,8,11H,4,7,9-10H2,1H3,(H,21,22,23,24). The highest BCUT2D eigenvalue weighted by Gasteiger charge is 2.31. The molecular weight excluding hydrogens is 363 g/mol. The summed E-state index contributed by atoms with van der Waals surface area (Å²) in [6.45, 7) is 1.15. The number of alkyl halides is 3. The van der Waals surface area contributed by atoms with Gasteiger partial charge < -0.3 is 15.0 Å². The predicted octanol–water partition coefficient (Wildman–Crippen LogP) is 2.60. The number of halogens is 3. The Kier molecular flexibility index (Phi) is 5.54. The second kappa shape index (κ2) is 7.87. The monoisotopic (exact) mass is 381 g/mol. The number of nitrogens with zero attached hydrogens (tertiary/aromatic N) is 4. The van der Waals surface area contributed by atoms with Crippen LogP contribution in [0.3, 0.4) is 0 Å². The van der Waals surface area contributed by atoms with Crippen molar-refractivity contribution < 1.29 is 22.7 Å². The molecule has 1 fully saturated rings. The number of pyridine rings is 1. The summed E-state index contributed by atoms with van der Waals surface area (Å²) in [5, 5.41) is 2.70. The van der Waals surface area contributed by atoms with Gasteiger partial charge in [0.1, 0.15) is 12.4 Å². The molecule has 10 heteroatoms. The summed E-state index contributed by atoms with van der Waals surface area (Å²) in [7, 11) is 1.47. The third kappa shape index (κ3) is 4.70. The van der Waals surface area contributed by atoms with Crippen LogP contribution in [0.2, 0.25) is 0 Å². The SMILES string of the molecule is COCC(=O)N1CCC(c2ccnc(Nc3cc(C(F)(F)F)ccn3)n2)C1. The Bertz CT molecular complexity index is 815. The van der Waals surface area contributed by atoms with Crippen molar-refractivity contribution >= 4 is 17.7 Å². The molecule has 3 rings (SSSR count). The zero-order valence-corrected chi connectivity index (χ0v) is 14.5. The molecule has 1 N–H and O–H groups in total. The summed E-state index contributed by atoms with van der Waals surface area (Å²) in [5.41, 5.74) is -0.0913. The number of nitrogens with one attached hydrogen (secondary N) is 1. The second-order valence-corrected chi connectivity index (χ2v) is 6.12. The minimum absolute atomic E-state index is 0.00490. The Balaban J connectivity index is 1.71. The molecule has 144 valence electrons. The number of likely N-dealkylation sites (tertiary alicyclic amines) is 1. The number of amides is 1. The molecule has 27 heavy (non-hydrogen) atoms. The van der Waals surface area contributed by atoms with Crippen molar-refractivity contribution in [3.63, 3.8) is 0 Å². The molecule has 0 radical (unpaired) electrons. The average molecular weight is 381 g/mol. The molecule has 7 nitrogen and oxygen atoms in total. The Morgan fingerprint density at radius 2 is 2.11 bits per heavy atom. The first kappa shape index (κ1) is 19.0. The van der Waals surface area contributed by atoms with E-state index in [0.717, 1.165) is 24.8 Å². The van der Waals surface area contributed by atoms with Crippen LogP contribution in [0.5, 0.6) is 0 Å². The van der Waals surface area contributed by atoms with Crippen molar-refractivity contribution in [2.75, 3.05) is 32.1 Å². The van der Waals surface area contributed by atoms with Crippen LogP contribution >= 0.6 is 0 Å². The molecule has 0 aliphatic carbocycles. The zero-order chi connectivity index (χ0) is 19.4. The largest absolute Gasteiger partial charge is 0.416 e. The number of ether oxygens (including phenoxy) is 1. The lowest BCUT2D eigenvalue weighted by atomic mass is 10.1. The Hall–Kier alpha value is -2.75. The molecule has 1 aliphatic heterocycles. The molecule has 0 bridgehead atoms. The average Bonchev–Trinajstić information content (AvgIpc) is 3.12. The Labute approximate surface area is 153 Å². The number of hydrogen-bond donors (Lipinski definition) is 1. The molecule has 1 amide bonds. The first-order chi connectivity index (χ1) is 12.9. The molecule has 0 aromatic carbocycles. The third-order valence-corrected chi connectivity index (χ3v) is 4.23. The highest BCUT2D eigenvalue weighted by atomic mass is 19.4. The van der Waals surface area contributed by atoms with Crippen molar-refractivity contribution in [3.05, 3.63) is 41.9 Å². The lowest BCUT2D eigenvalue weighted by Gasteiger charge is -2.16. The van der Waals surface area contributed by atoms with Crippen LogP contribution in [0, 0.1) is 0 Å². The highest BCUT2D eigenvalue weighted by Crippen LogP contribution is 2.30. The number of carbonyl (C=O) groups excluding carboxylic acids is 1. The molecule has 1 saturated heterocycles. The number of anilines is 2. The van der Waals surface area contributed by atoms with Gasteiger partial charge in [-0.1, -0.05) is 0 Å². The van der Waals surface area contributed by atoms with Crippen molar-refractivity contribution in [2.24, 2.45) is 0 Å². The number of aromatic nitrogens is 3. The van der Waals surface area contributed by atoms with Crippen molar-refractivity contribution in [1.29, 1.82) is 0 Å². The van der Waals surface area contributed by atoms with Crippen LogP contribution in [-0.2, 0) is 15.7 Å². The lowest BCUT2D eigenvalue weighted by molar-refractivity contribution is -0.137. The first-order valence-electron chi connectivity index (χ1n) is 8.26.